The van der Waals surface area contributed by atoms with Crippen LogP contribution in [-0.4, -0.2) is 30.4 Å². The second kappa shape index (κ2) is 11.3. The largest absolute Gasteiger partial charge is 0.454 e. The van der Waals surface area contributed by atoms with Crippen molar-refractivity contribution >= 4 is 17.6 Å². The predicted octanol–water partition coefficient (Wildman–Crippen LogP) is 3.93. The highest BCUT2D eigenvalue weighted by molar-refractivity contribution is 6.08. The number of ketones is 1. The van der Waals surface area contributed by atoms with Crippen molar-refractivity contribution in [3.63, 3.8) is 0 Å². The Balaban J connectivity index is 1.64. The number of hydrogen-bond donors (Lipinski definition) is 2. The minimum atomic E-state index is -0.700. The van der Waals surface area contributed by atoms with Gasteiger partial charge in [0.25, 0.3) is 0 Å². The second-order valence-corrected chi connectivity index (χ2v) is 7.81. The van der Waals surface area contributed by atoms with E-state index in [-0.39, 0.29) is 30.9 Å². The van der Waals surface area contributed by atoms with Crippen LogP contribution in [0.25, 0.3) is 0 Å². The van der Waals surface area contributed by atoms with Crippen LogP contribution in [0, 0.1) is 0 Å². The maximum atomic E-state index is 13.1. The van der Waals surface area contributed by atoms with Crippen LogP contribution in [0.1, 0.15) is 67.9 Å². The lowest BCUT2D eigenvalue weighted by Gasteiger charge is -2.23. The summed E-state index contributed by atoms with van der Waals surface area (Å²) in [5.74, 6) is 0.357. The van der Waals surface area contributed by atoms with E-state index in [2.05, 4.69) is 10.6 Å². The first-order chi connectivity index (χ1) is 15.5. The van der Waals surface area contributed by atoms with Gasteiger partial charge in [0, 0.05) is 5.56 Å². The molecule has 0 aromatic heterocycles. The summed E-state index contributed by atoms with van der Waals surface area (Å²) in [5, 5.41) is 5.80. The molecule has 170 valence electrons. The van der Waals surface area contributed by atoms with Crippen molar-refractivity contribution in [1.29, 1.82) is 0 Å². The van der Waals surface area contributed by atoms with Crippen LogP contribution < -0.4 is 20.1 Å². The first-order valence-corrected chi connectivity index (χ1v) is 11.1. The SMILES string of the molecule is CCCC[C@H](NC(=O)CC(=O)c1ccccc1)C(=O)N[C@@H](CC)c1ccc2c(c1)OCO2. The fourth-order valence-corrected chi connectivity index (χ4v) is 3.62. The van der Waals surface area contributed by atoms with E-state index in [9.17, 15) is 14.4 Å². The number of fused-ring (bicyclic) bond motifs is 1. The highest BCUT2D eigenvalue weighted by Gasteiger charge is 2.25. The molecule has 1 heterocycles. The van der Waals surface area contributed by atoms with Crippen molar-refractivity contribution in [2.45, 2.75) is 58.0 Å². The van der Waals surface area contributed by atoms with Crippen LogP contribution in [-0.2, 0) is 9.59 Å². The highest BCUT2D eigenvalue weighted by Crippen LogP contribution is 2.34. The van der Waals surface area contributed by atoms with Gasteiger partial charge in [0.2, 0.25) is 18.6 Å². The van der Waals surface area contributed by atoms with E-state index in [0.29, 0.717) is 29.9 Å². The third-order valence-electron chi connectivity index (χ3n) is 5.44. The van der Waals surface area contributed by atoms with E-state index in [1.54, 1.807) is 24.3 Å². The van der Waals surface area contributed by atoms with E-state index in [4.69, 9.17) is 9.47 Å². The first kappa shape index (κ1) is 23.3. The highest BCUT2D eigenvalue weighted by atomic mass is 16.7. The minimum Gasteiger partial charge on any atom is -0.454 e. The molecule has 7 nitrogen and oxygen atoms in total. The van der Waals surface area contributed by atoms with Crippen LogP contribution >= 0.6 is 0 Å². The Kier molecular flexibility index (Phi) is 8.25. The Labute approximate surface area is 188 Å². The molecular weight excluding hydrogens is 408 g/mol. The summed E-state index contributed by atoms with van der Waals surface area (Å²) in [7, 11) is 0. The third kappa shape index (κ3) is 6.09. The lowest BCUT2D eigenvalue weighted by molar-refractivity contribution is -0.129. The van der Waals surface area contributed by atoms with E-state index < -0.39 is 11.9 Å². The molecule has 2 N–H and O–H groups in total. The molecule has 0 saturated heterocycles. The molecule has 2 atom stereocenters. The van der Waals surface area contributed by atoms with Crippen molar-refractivity contribution in [3.05, 3.63) is 59.7 Å². The Morgan fingerprint density at radius 3 is 2.44 bits per heavy atom. The number of carbonyl (C=O) groups excluding carboxylic acids is 3. The number of Topliss-reactive ketones (excluding diaryl/α,β-unsaturated/α-hetero) is 1. The Morgan fingerprint density at radius 2 is 1.72 bits per heavy atom. The second-order valence-electron chi connectivity index (χ2n) is 7.81. The fourth-order valence-electron chi connectivity index (χ4n) is 3.62. The molecule has 0 radical (unpaired) electrons. The molecule has 32 heavy (non-hydrogen) atoms. The van der Waals surface area contributed by atoms with Crippen molar-refractivity contribution < 1.29 is 23.9 Å². The molecule has 0 aliphatic carbocycles. The van der Waals surface area contributed by atoms with Crippen LogP contribution in [0.4, 0.5) is 0 Å². The van der Waals surface area contributed by atoms with Crippen molar-refractivity contribution in [2.75, 3.05) is 6.79 Å². The maximum Gasteiger partial charge on any atom is 0.243 e. The van der Waals surface area contributed by atoms with Gasteiger partial charge in [-0.25, -0.2) is 0 Å². The number of rotatable bonds is 11. The number of carbonyl (C=O) groups is 3. The van der Waals surface area contributed by atoms with Crippen LogP contribution in [0.15, 0.2) is 48.5 Å². The smallest absolute Gasteiger partial charge is 0.243 e. The average Bonchev–Trinajstić information content (AvgIpc) is 3.28. The van der Waals surface area contributed by atoms with E-state index in [0.717, 1.165) is 18.4 Å². The van der Waals surface area contributed by atoms with E-state index in [1.165, 1.54) is 0 Å². The number of benzene rings is 2. The van der Waals surface area contributed by atoms with Gasteiger partial charge in [0.15, 0.2) is 17.3 Å². The Morgan fingerprint density at radius 1 is 0.969 bits per heavy atom. The summed E-state index contributed by atoms with van der Waals surface area (Å²) in [6, 6.07) is 13.3. The van der Waals surface area contributed by atoms with Gasteiger partial charge in [0.1, 0.15) is 6.04 Å². The quantitative estimate of drug-likeness (QED) is 0.410. The number of amides is 2. The molecule has 0 saturated carbocycles. The molecule has 0 unspecified atom stereocenters. The zero-order valence-electron chi connectivity index (χ0n) is 18.6. The molecule has 2 aromatic rings. The molecule has 0 fully saturated rings. The maximum absolute atomic E-state index is 13.1. The lowest BCUT2D eigenvalue weighted by Crippen LogP contribution is -2.48. The summed E-state index contributed by atoms with van der Waals surface area (Å²) in [5.41, 5.74) is 1.39. The number of ether oxygens (including phenoxy) is 2. The fraction of sp³-hybridized carbons (Fsp3) is 0.400. The number of nitrogens with one attached hydrogen (secondary N) is 2. The molecule has 2 amide bonds. The molecule has 1 aliphatic rings. The minimum absolute atomic E-state index is 0.189. The van der Waals surface area contributed by atoms with Gasteiger partial charge in [-0.2, -0.15) is 0 Å². The van der Waals surface area contributed by atoms with Gasteiger partial charge >= 0.3 is 0 Å². The zero-order valence-corrected chi connectivity index (χ0v) is 18.6. The molecule has 0 spiro atoms. The zero-order chi connectivity index (χ0) is 22.9. The van der Waals surface area contributed by atoms with Crippen LogP contribution in [0.2, 0.25) is 0 Å². The summed E-state index contributed by atoms with van der Waals surface area (Å²) in [4.78, 5) is 37.9. The molecular formula is C25H30N2O5. The molecule has 2 aromatic carbocycles. The number of unbranched alkanes of at least 4 members (excludes halogenated alkanes) is 1. The summed E-state index contributed by atoms with van der Waals surface area (Å²) >= 11 is 0. The summed E-state index contributed by atoms with van der Waals surface area (Å²) in [6.07, 6.45) is 2.56. The van der Waals surface area contributed by atoms with Gasteiger partial charge in [-0.3, -0.25) is 14.4 Å². The standard InChI is InChI=1S/C25H30N2O5/c1-3-5-11-20(26-24(29)15-21(28)17-9-7-6-8-10-17)25(30)27-19(4-2)18-12-13-22-23(14-18)32-16-31-22/h6-10,12-14,19-20H,3-5,11,15-16H2,1-2H3,(H,26,29)(H,27,30)/t19-,20-/m0/s1. The van der Waals surface area contributed by atoms with Gasteiger partial charge < -0.3 is 20.1 Å². The normalized spacial score (nSPS) is 13.8. The molecule has 0 bridgehead atoms. The van der Waals surface area contributed by atoms with Crippen molar-refractivity contribution in [3.8, 4) is 11.5 Å². The average molecular weight is 439 g/mol. The molecule has 3 rings (SSSR count). The van der Waals surface area contributed by atoms with Gasteiger partial charge in [-0.1, -0.05) is 63.1 Å². The molecule has 7 heteroatoms. The third-order valence-corrected chi connectivity index (χ3v) is 5.44. The van der Waals surface area contributed by atoms with E-state index >= 15 is 0 Å². The topological polar surface area (TPSA) is 93.7 Å². The summed E-state index contributed by atoms with van der Waals surface area (Å²) in [6.45, 7) is 4.19. The number of hydrogen-bond acceptors (Lipinski definition) is 5. The Hall–Kier alpha value is -3.35. The van der Waals surface area contributed by atoms with Crippen molar-refractivity contribution in [2.24, 2.45) is 0 Å². The van der Waals surface area contributed by atoms with Crippen molar-refractivity contribution in [1.82, 2.24) is 10.6 Å². The van der Waals surface area contributed by atoms with Gasteiger partial charge in [0.05, 0.1) is 12.5 Å². The molecule has 1 aliphatic heterocycles. The Bertz CT molecular complexity index is 945. The monoisotopic (exact) mass is 438 g/mol. The summed E-state index contributed by atoms with van der Waals surface area (Å²) < 4.78 is 10.8. The van der Waals surface area contributed by atoms with Gasteiger partial charge in [-0.05, 0) is 30.5 Å². The van der Waals surface area contributed by atoms with Crippen LogP contribution in [0.5, 0.6) is 11.5 Å². The lowest BCUT2D eigenvalue weighted by atomic mass is 10.0. The van der Waals surface area contributed by atoms with E-state index in [1.807, 2.05) is 38.1 Å². The van der Waals surface area contributed by atoms with Gasteiger partial charge in [-0.15, -0.1) is 0 Å². The van der Waals surface area contributed by atoms with Crippen LogP contribution in [0.3, 0.4) is 0 Å². The predicted molar refractivity (Wildman–Crippen MR) is 121 cm³/mol. The first-order valence-electron chi connectivity index (χ1n) is 11.1.